The van der Waals surface area contributed by atoms with Crippen molar-refractivity contribution in [2.75, 3.05) is 33.4 Å². The second kappa shape index (κ2) is 7.77. The SMILES string of the molecule is CCOCCN(C)C1(CN)CCCC(C(C)(C)C)CC1. The standard InChI is InChI=1S/C17H36N2O/c1-6-20-13-12-19(5)17(14-18)10-7-8-15(9-11-17)16(2,3)4/h15H,6-14,18H2,1-5H3. The molecule has 0 radical (unpaired) electrons. The maximum atomic E-state index is 6.18. The molecule has 120 valence electrons. The molecule has 0 aromatic carbocycles. The summed E-state index contributed by atoms with van der Waals surface area (Å²) in [5.74, 6) is 0.830. The summed E-state index contributed by atoms with van der Waals surface area (Å²) in [6.07, 6.45) is 6.43. The van der Waals surface area contributed by atoms with Gasteiger partial charge in [0.1, 0.15) is 0 Å². The zero-order valence-electron chi connectivity index (χ0n) is 14.4. The number of hydrogen-bond acceptors (Lipinski definition) is 3. The Hall–Kier alpha value is -0.120. The minimum absolute atomic E-state index is 0.192. The summed E-state index contributed by atoms with van der Waals surface area (Å²) in [5, 5.41) is 0. The van der Waals surface area contributed by atoms with E-state index >= 15 is 0 Å². The van der Waals surface area contributed by atoms with E-state index in [0.717, 1.165) is 32.2 Å². The lowest BCUT2D eigenvalue weighted by Crippen LogP contribution is -2.52. The maximum Gasteiger partial charge on any atom is 0.0593 e. The van der Waals surface area contributed by atoms with E-state index in [0.29, 0.717) is 5.41 Å². The van der Waals surface area contributed by atoms with Gasteiger partial charge in [0, 0.05) is 25.2 Å². The molecule has 1 saturated carbocycles. The van der Waals surface area contributed by atoms with E-state index in [-0.39, 0.29) is 5.54 Å². The monoisotopic (exact) mass is 284 g/mol. The molecule has 0 bridgehead atoms. The van der Waals surface area contributed by atoms with Crippen molar-refractivity contribution in [3.8, 4) is 0 Å². The third-order valence-electron chi connectivity index (χ3n) is 5.34. The highest BCUT2D eigenvalue weighted by atomic mass is 16.5. The van der Waals surface area contributed by atoms with Gasteiger partial charge in [0.2, 0.25) is 0 Å². The molecule has 2 N–H and O–H groups in total. The average Bonchev–Trinajstić information content (AvgIpc) is 2.61. The molecule has 2 unspecified atom stereocenters. The van der Waals surface area contributed by atoms with Crippen LogP contribution in [0.2, 0.25) is 0 Å². The highest BCUT2D eigenvalue weighted by Gasteiger charge is 2.37. The highest BCUT2D eigenvalue weighted by Crippen LogP contribution is 2.41. The van der Waals surface area contributed by atoms with Gasteiger partial charge in [0.05, 0.1) is 6.61 Å². The molecule has 3 nitrogen and oxygen atoms in total. The Bertz CT molecular complexity index is 275. The van der Waals surface area contributed by atoms with Crippen molar-refractivity contribution in [3.63, 3.8) is 0 Å². The van der Waals surface area contributed by atoms with E-state index in [2.05, 4.69) is 39.6 Å². The molecule has 0 spiro atoms. The van der Waals surface area contributed by atoms with E-state index in [4.69, 9.17) is 10.5 Å². The van der Waals surface area contributed by atoms with Crippen LogP contribution in [0, 0.1) is 11.3 Å². The first-order valence-corrected chi connectivity index (χ1v) is 8.35. The minimum atomic E-state index is 0.192. The van der Waals surface area contributed by atoms with Crippen LogP contribution in [0.4, 0.5) is 0 Å². The first-order chi connectivity index (χ1) is 9.35. The fraction of sp³-hybridized carbons (Fsp3) is 1.00. The van der Waals surface area contributed by atoms with E-state index in [1.807, 2.05) is 0 Å². The van der Waals surface area contributed by atoms with Gasteiger partial charge in [-0.2, -0.15) is 0 Å². The maximum absolute atomic E-state index is 6.18. The molecule has 1 aliphatic rings. The molecule has 0 aromatic rings. The summed E-state index contributed by atoms with van der Waals surface area (Å²) in [6.45, 7) is 12.6. The Morgan fingerprint density at radius 3 is 2.50 bits per heavy atom. The van der Waals surface area contributed by atoms with Crippen molar-refractivity contribution in [1.82, 2.24) is 4.90 Å². The van der Waals surface area contributed by atoms with E-state index in [1.165, 1.54) is 32.1 Å². The summed E-state index contributed by atoms with van der Waals surface area (Å²) >= 11 is 0. The van der Waals surface area contributed by atoms with Gasteiger partial charge < -0.3 is 10.5 Å². The molecule has 1 rings (SSSR count). The van der Waals surface area contributed by atoms with Crippen molar-refractivity contribution in [1.29, 1.82) is 0 Å². The summed E-state index contributed by atoms with van der Waals surface area (Å²) in [7, 11) is 2.23. The minimum Gasteiger partial charge on any atom is -0.380 e. The lowest BCUT2D eigenvalue weighted by molar-refractivity contribution is 0.0567. The Morgan fingerprint density at radius 2 is 1.95 bits per heavy atom. The molecule has 1 aliphatic carbocycles. The highest BCUT2D eigenvalue weighted by molar-refractivity contribution is 4.94. The largest absolute Gasteiger partial charge is 0.380 e. The van der Waals surface area contributed by atoms with Gasteiger partial charge in [-0.15, -0.1) is 0 Å². The number of hydrogen-bond donors (Lipinski definition) is 1. The number of likely N-dealkylation sites (N-methyl/N-ethyl adjacent to an activating group) is 1. The smallest absolute Gasteiger partial charge is 0.0593 e. The third-order valence-corrected chi connectivity index (χ3v) is 5.34. The summed E-state index contributed by atoms with van der Waals surface area (Å²) in [6, 6.07) is 0. The van der Waals surface area contributed by atoms with Gasteiger partial charge in [0.25, 0.3) is 0 Å². The lowest BCUT2D eigenvalue weighted by atomic mass is 9.76. The van der Waals surface area contributed by atoms with Crippen molar-refractivity contribution >= 4 is 0 Å². The molecule has 20 heavy (non-hydrogen) atoms. The average molecular weight is 284 g/mol. The van der Waals surface area contributed by atoms with Gasteiger partial charge in [-0.1, -0.05) is 27.2 Å². The van der Waals surface area contributed by atoms with Gasteiger partial charge in [-0.05, 0) is 51.0 Å². The lowest BCUT2D eigenvalue weighted by Gasteiger charge is -2.41. The third kappa shape index (κ3) is 4.71. The van der Waals surface area contributed by atoms with Gasteiger partial charge in [-0.3, -0.25) is 4.90 Å². The van der Waals surface area contributed by atoms with E-state index in [9.17, 15) is 0 Å². The van der Waals surface area contributed by atoms with Crippen LogP contribution in [-0.2, 0) is 4.74 Å². The fourth-order valence-corrected chi connectivity index (χ4v) is 3.58. The van der Waals surface area contributed by atoms with E-state index < -0.39 is 0 Å². The van der Waals surface area contributed by atoms with Crippen molar-refractivity contribution in [2.24, 2.45) is 17.1 Å². The molecular formula is C17H36N2O. The van der Waals surface area contributed by atoms with Gasteiger partial charge >= 0.3 is 0 Å². The predicted molar refractivity (Wildman–Crippen MR) is 86.9 cm³/mol. The molecular weight excluding hydrogens is 248 g/mol. The molecule has 0 heterocycles. The molecule has 2 atom stereocenters. The number of nitrogens with two attached hydrogens (primary N) is 1. The Kier molecular flexibility index (Phi) is 6.96. The zero-order valence-corrected chi connectivity index (χ0v) is 14.4. The normalized spacial score (nSPS) is 28.6. The summed E-state index contributed by atoms with van der Waals surface area (Å²) in [5.41, 5.74) is 6.80. The summed E-state index contributed by atoms with van der Waals surface area (Å²) in [4.78, 5) is 2.47. The van der Waals surface area contributed by atoms with Gasteiger partial charge in [0.15, 0.2) is 0 Å². The first-order valence-electron chi connectivity index (χ1n) is 8.35. The molecule has 0 saturated heterocycles. The second-order valence-electron chi connectivity index (χ2n) is 7.54. The van der Waals surface area contributed by atoms with Crippen molar-refractivity contribution in [2.45, 2.75) is 65.3 Å². The second-order valence-corrected chi connectivity index (χ2v) is 7.54. The molecule has 0 aromatic heterocycles. The van der Waals surface area contributed by atoms with Crippen LogP contribution in [0.15, 0.2) is 0 Å². The topological polar surface area (TPSA) is 38.5 Å². The molecule has 0 amide bonds. The van der Waals surface area contributed by atoms with Crippen LogP contribution < -0.4 is 5.73 Å². The molecule has 1 fully saturated rings. The Labute approximate surface area is 126 Å². The first kappa shape index (κ1) is 17.9. The van der Waals surface area contributed by atoms with Gasteiger partial charge in [-0.25, -0.2) is 0 Å². The van der Waals surface area contributed by atoms with Crippen molar-refractivity contribution in [3.05, 3.63) is 0 Å². The van der Waals surface area contributed by atoms with Crippen molar-refractivity contribution < 1.29 is 4.74 Å². The molecule has 3 heteroatoms. The van der Waals surface area contributed by atoms with E-state index in [1.54, 1.807) is 0 Å². The number of rotatable bonds is 6. The number of ether oxygens (including phenoxy) is 1. The predicted octanol–water partition coefficient (Wildman–Crippen LogP) is 3.28. The van der Waals surface area contributed by atoms with Crippen LogP contribution in [0.25, 0.3) is 0 Å². The van der Waals surface area contributed by atoms with Crippen LogP contribution in [0.1, 0.15) is 59.8 Å². The fourth-order valence-electron chi connectivity index (χ4n) is 3.58. The Morgan fingerprint density at radius 1 is 1.25 bits per heavy atom. The van der Waals surface area contributed by atoms with Crippen LogP contribution in [0.5, 0.6) is 0 Å². The number of nitrogens with zero attached hydrogens (tertiary/aromatic N) is 1. The quantitative estimate of drug-likeness (QED) is 0.601. The van der Waals surface area contributed by atoms with Crippen LogP contribution in [0.3, 0.4) is 0 Å². The van der Waals surface area contributed by atoms with Crippen LogP contribution >= 0.6 is 0 Å². The molecule has 0 aliphatic heterocycles. The summed E-state index contributed by atoms with van der Waals surface area (Å²) < 4.78 is 5.51. The Balaban J connectivity index is 2.64. The zero-order chi connectivity index (χ0) is 15.2. The van der Waals surface area contributed by atoms with Crippen LogP contribution in [-0.4, -0.2) is 43.8 Å².